The van der Waals surface area contributed by atoms with Crippen LogP contribution in [0.15, 0.2) is 41.0 Å². The van der Waals surface area contributed by atoms with Crippen LogP contribution in [0.2, 0.25) is 0 Å². The van der Waals surface area contributed by atoms with Crippen LogP contribution >= 0.6 is 15.9 Å². The maximum Gasteiger partial charge on any atom is 0.274 e. The lowest BCUT2D eigenvalue weighted by molar-refractivity contribution is 0.102. The standard InChI is InChI=1S/C13H10BrFN2O/c1-8-2-4-10(14)12(6-8)17-13(18)11-5-3-9(15)7-16-11/h2-7H,1H3,(H,17,18). The van der Waals surface area contributed by atoms with E-state index in [0.717, 1.165) is 16.2 Å². The highest BCUT2D eigenvalue weighted by Gasteiger charge is 2.09. The van der Waals surface area contributed by atoms with Gasteiger partial charge >= 0.3 is 0 Å². The zero-order chi connectivity index (χ0) is 13.1. The fourth-order valence-electron chi connectivity index (χ4n) is 1.43. The number of aromatic nitrogens is 1. The van der Waals surface area contributed by atoms with Crippen molar-refractivity contribution in [2.75, 3.05) is 5.32 Å². The molecule has 2 rings (SSSR count). The number of rotatable bonds is 2. The van der Waals surface area contributed by atoms with E-state index in [9.17, 15) is 9.18 Å². The van der Waals surface area contributed by atoms with Crippen molar-refractivity contribution in [3.8, 4) is 0 Å². The smallest absolute Gasteiger partial charge is 0.274 e. The van der Waals surface area contributed by atoms with E-state index >= 15 is 0 Å². The average molecular weight is 309 g/mol. The van der Waals surface area contributed by atoms with Crippen molar-refractivity contribution in [2.24, 2.45) is 0 Å². The number of anilines is 1. The molecule has 3 nitrogen and oxygen atoms in total. The first kappa shape index (κ1) is 12.7. The van der Waals surface area contributed by atoms with Gasteiger partial charge in [-0.1, -0.05) is 6.07 Å². The lowest BCUT2D eigenvalue weighted by Gasteiger charge is -2.07. The number of nitrogens with one attached hydrogen (secondary N) is 1. The van der Waals surface area contributed by atoms with Gasteiger partial charge in [0.1, 0.15) is 11.5 Å². The summed E-state index contributed by atoms with van der Waals surface area (Å²) in [6.45, 7) is 1.93. The van der Waals surface area contributed by atoms with Gasteiger partial charge in [-0.15, -0.1) is 0 Å². The maximum absolute atomic E-state index is 12.7. The van der Waals surface area contributed by atoms with Gasteiger partial charge in [0.05, 0.1) is 11.9 Å². The molecule has 0 atom stereocenters. The van der Waals surface area contributed by atoms with Crippen LogP contribution in [-0.2, 0) is 0 Å². The number of hydrogen-bond acceptors (Lipinski definition) is 2. The van der Waals surface area contributed by atoms with Gasteiger partial charge < -0.3 is 5.32 Å². The second kappa shape index (κ2) is 5.27. The second-order valence-electron chi connectivity index (χ2n) is 3.80. The van der Waals surface area contributed by atoms with Crippen LogP contribution in [0.25, 0.3) is 0 Å². The molecule has 2 aromatic rings. The molecule has 0 saturated heterocycles. The van der Waals surface area contributed by atoms with Crippen LogP contribution in [0.1, 0.15) is 16.1 Å². The molecule has 1 amide bonds. The van der Waals surface area contributed by atoms with Crippen molar-refractivity contribution in [1.82, 2.24) is 4.98 Å². The quantitative estimate of drug-likeness (QED) is 0.922. The molecule has 1 N–H and O–H groups in total. The van der Waals surface area contributed by atoms with Crippen molar-refractivity contribution in [1.29, 1.82) is 0 Å². The molecule has 0 aliphatic rings. The molecule has 0 bridgehead atoms. The summed E-state index contributed by atoms with van der Waals surface area (Å²) in [5.41, 5.74) is 1.86. The fraction of sp³-hybridized carbons (Fsp3) is 0.0769. The number of aryl methyl sites for hydroxylation is 1. The molecule has 0 aliphatic heterocycles. The molecule has 5 heteroatoms. The van der Waals surface area contributed by atoms with Crippen molar-refractivity contribution in [3.05, 3.63) is 58.1 Å². The highest BCUT2D eigenvalue weighted by atomic mass is 79.9. The summed E-state index contributed by atoms with van der Waals surface area (Å²) in [7, 11) is 0. The zero-order valence-electron chi connectivity index (χ0n) is 9.58. The minimum absolute atomic E-state index is 0.171. The predicted molar refractivity (Wildman–Crippen MR) is 71.0 cm³/mol. The molecule has 1 aromatic carbocycles. The minimum atomic E-state index is -0.469. The number of hydrogen-bond donors (Lipinski definition) is 1. The van der Waals surface area contributed by atoms with Gasteiger partial charge in [-0.2, -0.15) is 0 Å². The molecule has 1 heterocycles. The lowest BCUT2D eigenvalue weighted by Crippen LogP contribution is -2.14. The summed E-state index contributed by atoms with van der Waals surface area (Å²) in [4.78, 5) is 15.6. The van der Waals surface area contributed by atoms with Crippen LogP contribution in [0.3, 0.4) is 0 Å². The van der Waals surface area contributed by atoms with Crippen molar-refractivity contribution >= 4 is 27.5 Å². The summed E-state index contributed by atoms with van der Waals surface area (Å²) in [6, 6.07) is 8.16. The predicted octanol–water partition coefficient (Wildman–Crippen LogP) is 3.54. The molecular weight excluding hydrogens is 299 g/mol. The Morgan fingerprint density at radius 3 is 2.78 bits per heavy atom. The van der Waals surface area contributed by atoms with Crippen LogP contribution in [0.4, 0.5) is 10.1 Å². The first-order valence-corrected chi connectivity index (χ1v) is 6.04. The largest absolute Gasteiger partial charge is 0.320 e. The highest BCUT2D eigenvalue weighted by Crippen LogP contribution is 2.23. The number of carbonyl (C=O) groups excluding carboxylic acids is 1. The van der Waals surface area contributed by atoms with E-state index in [1.54, 1.807) is 0 Å². The Kier molecular flexibility index (Phi) is 3.72. The Labute approximate surface area is 112 Å². The SMILES string of the molecule is Cc1ccc(Br)c(NC(=O)c2ccc(F)cn2)c1. The monoisotopic (exact) mass is 308 g/mol. The Balaban J connectivity index is 2.21. The third-order valence-electron chi connectivity index (χ3n) is 2.33. The Bertz CT molecular complexity index is 584. The lowest BCUT2D eigenvalue weighted by atomic mass is 10.2. The minimum Gasteiger partial charge on any atom is -0.320 e. The second-order valence-corrected chi connectivity index (χ2v) is 4.65. The average Bonchev–Trinajstić information content (AvgIpc) is 2.34. The van der Waals surface area contributed by atoms with Crippen LogP contribution < -0.4 is 5.32 Å². The van der Waals surface area contributed by atoms with Crippen molar-refractivity contribution in [3.63, 3.8) is 0 Å². The summed E-state index contributed by atoms with van der Waals surface area (Å²) in [5.74, 6) is -0.843. The molecule has 0 aliphatic carbocycles. The molecule has 0 saturated carbocycles. The van der Waals surface area contributed by atoms with E-state index in [0.29, 0.717) is 5.69 Å². The van der Waals surface area contributed by atoms with Crippen LogP contribution in [0, 0.1) is 12.7 Å². The van der Waals surface area contributed by atoms with E-state index in [1.807, 2.05) is 25.1 Å². The van der Waals surface area contributed by atoms with Gasteiger partial charge in [-0.25, -0.2) is 9.37 Å². The topological polar surface area (TPSA) is 42.0 Å². The van der Waals surface area contributed by atoms with E-state index < -0.39 is 5.82 Å². The number of halogens is 2. The highest BCUT2D eigenvalue weighted by molar-refractivity contribution is 9.10. The first-order valence-electron chi connectivity index (χ1n) is 5.25. The first-order chi connectivity index (χ1) is 8.56. The number of pyridine rings is 1. The third-order valence-corrected chi connectivity index (χ3v) is 3.02. The molecular formula is C13H10BrFN2O. The zero-order valence-corrected chi connectivity index (χ0v) is 11.2. The maximum atomic E-state index is 12.7. The van der Waals surface area contributed by atoms with Crippen LogP contribution in [-0.4, -0.2) is 10.9 Å². The molecule has 18 heavy (non-hydrogen) atoms. The van der Waals surface area contributed by atoms with Crippen molar-refractivity contribution < 1.29 is 9.18 Å². The third kappa shape index (κ3) is 2.92. The summed E-state index contributed by atoms with van der Waals surface area (Å²) >= 11 is 3.35. The normalized spacial score (nSPS) is 10.2. The Morgan fingerprint density at radius 2 is 2.11 bits per heavy atom. The molecule has 0 fully saturated rings. The molecule has 0 spiro atoms. The van der Waals surface area contributed by atoms with Gasteiger partial charge in [-0.05, 0) is 52.7 Å². The number of nitrogens with zero attached hydrogens (tertiary/aromatic N) is 1. The summed E-state index contributed by atoms with van der Waals surface area (Å²) in [5, 5.41) is 2.72. The Morgan fingerprint density at radius 1 is 1.33 bits per heavy atom. The van der Waals surface area contributed by atoms with E-state index in [1.165, 1.54) is 12.1 Å². The van der Waals surface area contributed by atoms with Crippen LogP contribution in [0.5, 0.6) is 0 Å². The number of benzene rings is 1. The number of carbonyl (C=O) groups is 1. The van der Waals surface area contributed by atoms with Crippen molar-refractivity contribution in [2.45, 2.75) is 6.92 Å². The number of amides is 1. The van der Waals surface area contributed by atoms with Gasteiger partial charge in [0.2, 0.25) is 0 Å². The molecule has 1 aromatic heterocycles. The molecule has 92 valence electrons. The van der Waals surface area contributed by atoms with Gasteiger partial charge in [0, 0.05) is 4.47 Å². The summed E-state index contributed by atoms with van der Waals surface area (Å²) in [6.07, 6.45) is 1.01. The van der Waals surface area contributed by atoms with Gasteiger partial charge in [0.25, 0.3) is 5.91 Å². The summed E-state index contributed by atoms with van der Waals surface area (Å²) < 4.78 is 13.5. The van der Waals surface area contributed by atoms with Gasteiger partial charge in [0.15, 0.2) is 0 Å². The van der Waals surface area contributed by atoms with E-state index in [2.05, 4.69) is 26.2 Å². The molecule has 0 radical (unpaired) electrons. The fourth-order valence-corrected chi connectivity index (χ4v) is 1.78. The van der Waals surface area contributed by atoms with E-state index in [4.69, 9.17) is 0 Å². The van der Waals surface area contributed by atoms with Gasteiger partial charge in [-0.3, -0.25) is 4.79 Å². The Hall–Kier alpha value is -1.75. The van der Waals surface area contributed by atoms with E-state index in [-0.39, 0.29) is 11.6 Å². The molecule has 0 unspecified atom stereocenters.